The van der Waals surface area contributed by atoms with Gasteiger partial charge < -0.3 is 14.4 Å². The van der Waals surface area contributed by atoms with Crippen LogP contribution in [0, 0.1) is 0 Å². The van der Waals surface area contributed by atoms with Crippen LogP contribution in [0.3, 0.4) is 0 Å². The first-order valence-electron chi connectivity index (χ1n) is 8.08. The Kier molecular flexibility index (Phi) is 5.14. The molecule has 2 aromatic rings. The molecular weight excluding hydrogens is 316 g/mol. The van der Waals surface area contributed by atoms with Crippen molar-refractivity contribution in [3.05, 3.63) is 65.9 Å². The van der Waals surface area contributed by atoms with Gasteiger partial charge >= 0.3 is 5.97 Å². The lowest BCUT2D eigenvalue weighted by molar-refractivity contribution is -0.130. The van der Waals surface area contributed by atoms with E-state index < -0.39 is 5.97 Å². The van der Waals surface area contributed by atoms with Crippen LogP contribution >= 0.6 is 0 Å². The summed E-state index contributed by atoms with van der Waals surface area (Å²) in [5.41, 5.74) is 2.31. The normalized spacial score (nSPS) is 15.0. The number of hydrogen-bond acceptors (Lipinski definition) is 5. The minimum Gasteiger partial charge on any atom is -0.493 e. The Morgan fingerprint density at radius 1 is 1.08 bits per heavy atom. The number of hydrogen-bond donors (Lipinski definition) is 0. The quantitative estimate of drug-likeness (QED) is 0.598. The molecule has 5 nitrogen and oxygen atoms in total. The average Bonchev–Trinajstić information content (AvgIpc) is 2.96. The van der Waals surface area contributed by atoms with E-state index in [1.54, 1.807) is 6.08 Å². The Labute approximate surface area is 147 Å². The number of benzene rings is 2. The van der Waals surface area contributed by atoms with Crippen molar-refractivity contribution in [2.24, 2.45) is 4.99 Å². The smallest absolute Gasteiger partial charge is 0.363 e. The van der Waals surface area contributed by atoms with E-state index in [2.05, 4.69) is 4.99 Å². The molecule has 1 heterocycles. The van der Waals surface area contributed by atoms with Gasteiger partial charge in [0.15, 0.2) is 5.70 Å². The second-order valence-corrected chi connectivity index (χ2v) is 5.82. The Balaban J connectivity index is 1.61. The van der Waals surface area contributed by atoms with Crippen molar-refractivity contribution in [2.75, 3.05) is 25.6 Å². The number of nitrogens with zero attached hydrogens (tertiary/aromatic N) is 2. The van der Waals surface area contributed by atoms with Gasteiger partial charge in [-0.15, -0.1) is 0 Å². The van der Waals surface area contributed by atoms with Crippen molar-refractivity contribution in [1.82, 2.24) is 0 Å². The van der Waals surface area contributed by atoms with Gasteiger partial charge in [0, 0.05) is 19.8 Å². The first-order chi connectivity index (χ1) is 12.1. The summed E-state index contributed by atoms with van der Waals surface area (Å²) < 4.78 is 10.8. The SMILES string of the molecule is CN(C)c1ccc(/C=C2/N=C(CCOc3ccccc3)OC2=O)cc1. The molecule has 0 bridgehead atoms. The molecule has 0 aromatic heterocycles. The van der Waals surface area contributed by atoms with Gasteiger partial charge in [0.05, 0.1) is 13.0 Å². The van der Waals surface area contributed by atoms with Crippen LogP contribution in [-0.4, -0.2) is 32.6 Å². The third-order valence-electron chi connectivity index (χ3n) is 3.71. The minimum atomic E-state index is -0.425. The predicted octanol–water partition coefficient (Wildman–Crippen LogP) is 3.52. The van der Waals surface area contributed by atoms with Gasteiger partial charge in [-0.05, 0) is 35.9 Å². The molecule has 0 aliphatic carbocycles. The number of para-hydroxylation sites is 1. The molecule has 128 valence electrons. The van der Waals surface area contributed by atoms with Crippen LogP contribution in [0.4, 0.5) is 5.69 Å². The second kappa shape index (κ2) is 7.66. The molecule has 0 radical (unpaired) electrons. The molecule has 0 amide bonds. The molecule has 25 heavy (non-hydrogen) atoms. The molecule has 0 saturated carbocycles. The minimum absolute atomic E-state index is 0.312. The first kappa shape index (κ1) is 16.8. The van der Waals surface area contributed by atoms with E-state index in [-0.39, 0.29) is 0 Å². The van der Waals surface area contributed by atoms with E-state index in [1.807, 2.05) is 73.6 Å². The fraction of sp³-hybridized carbons (Fsp3) is 0.200. The van der Waals surface area contributed by atoms with E-state index in [4.69, 9.17) is 9.47 Å². The Bertz CT molecular complexity index is 793. The number of aliphatic imine (C=N–C) groups is 1. The molecule has 5 heteroatoms. The second-order valence-electron chi connectivity index (χ2n) is 5.82. The molecule has 0 atom stereocenters. The Hall–Kier alpha value is -3.08. The van der Waals surface area contributed by atoms with Crippen LogP contribution in [-0.2, 0) is 9.53 Å². The van der Waals surface area contributed by atoms with Crippen molar-refractivity contribution >= 4 is 23.6 Å². The van der Waals surface area contributed by atoms with Gasteiger partial charge in [0.25, 0.3) is 0 Å². The fourth-order valence-corrected chi connectivity index (χ4v) is 2.36. The molecule has 0 spiro atoms. The topological polar surface area (TPSA) is 51.1 Å². The third kappa shape index (κ3) is 4.47. The van der Waals surface area contributed by atoms with Gasteiger partial charge in [-0.2, -0.15) is 0 Å². The van der Waals surface area contributed by atoms with Gasteiger partial charge in [-0.3, -0.25) is 0 Å². The van der Waals surface area contributed by atoms with Gasteiger partial charge in [-0.25, -0.2) is 9.79 Å². The molecule has 3 rings (SSSR count). The van der Waals surface area contributed by atoms with Crippen LogP contribution in [0.25, 0.3) is 6.08 Å². The Morgan fingerprint density at radius 2 is 1.80 bits per heavy atom. The summed E-state index contributed by atoms with van der Waals surface area (Å²) in [4.78, 5) is 18.2. The zero-order chi connectivity index (χ0) is 17.6. The summed E-state index contributed by atoms with van der Waals surface area (Å²) in [5.74, 6) is 0.743. The van der Waals surface area contributed by atoms with Crippen molar-refractivity contribution in [3.8, 4) is 5.75 Å². The number of carbonyl (C=O) groups excluding carboxylic acids is 1. The summed E-state index contributed by atoms with van der Waals surface area (Å²) in [6, 6.07) is 17.4. The maximum absolute atomic E-state index is 11.9. The molecule has 1 aliphatic rings. The summed E-state index contributed by atoms with van der Waals surface area (Å²) in [7, 11) is 3.96. The highest BCUT2D eigenvalue weighted by atomic mass is 16.6. The van der Waals surface area contributed by atoms with Gasteiger partial charge in [0.1, 0.15) is 5.75 Å². The maximum Gasteiger partial charge on any atom is 0.363 e. The maximum atomic E-state index is 11.9. The summed E-state index contributed by atoms with van der Waals surface area (Å²) in [6.45, 7) is 0.404. The molecule has 0 unspecified atom stereocenters. The van der Waals surface area contributed by atoms with Crippen LogP contribution < -0.4 is 9.64 Å². The number of ether oxygens (including phenoxy) is 2. The number of rotatable bonds is 6. The van der Waals surface area contributed by atoms with Crippen LogP contribution in [0.5, 0.6) is 5.75 Å². The molecule has 0 saturated heterocycles. The highest BCUT2D eigenvalue weighted by Gasteiger charge is 2.22. The number of anilines is 1. The van der Waals surface area contributed by atoms with Crippen LogP contribution in [0.2, 0.25) is 0 Å². The Morgan fingerprint density at radius 3 is 2.48 bits per heavy atom. The first-order valence-corrected chi connectivity index (χ1v) is 8.08. The monoisotopic (exact) mass is 336 g/mol. The average molecular weight is 336 g/mol. The highest BCUT2D eigenvalue weighted by Crippen LogP contribution is 2.19. The zero-order valence-corrected chi connectivity index (χ0v) is 14.3. The molecular formula is C20H20N2O3. The highest BCUT2D eigenvalue weighted by molar-refractivity contribution is 6.07. The van der Waals surface area contributed by atoms with E-state index in [0.29, 0.717) is 24.6 Å². The van der Waals surface area contributed by atoms with Crippen LogP contribution in [0.15, 0.2) is 65.3 Å². The lowest BCUT2D eigenvalue weighted by Gasteiger charge is -2.11. The molecule has 1 aliphatic heterocycles. The van der Waals surface area contributed by atoms with Gasteiger partial charge in [-0.1, -0.05) is 30.3 Å². The summed E-state index contributed by atoms with van der Waals surface area (Å²) in [5, 5.41) is 0. The lowest BCUT2D eigenvalue weighted by atomic mass is 10.1. The fourth-order valence-electron chi connectivity index (χ4n) is 2.36. The van der Waals surface area contributed by atoms with E-state index in [1.165, 1.54) is 0 Å². The van der Waals surface area contributed by atoms with E-state index in [9.17, 15) is 4.79 Å². The zero-order valence-electron chi connectivity index (χ0n) is 14.3. The van der Waals surface area contributed by atoms with Crippen molar-refractivity contribution in [1.29, 1.82) is 0 Å². The molecule has 0 fully saturated rings. The van der Waals surface area contributed by atoms with Gasteiger partial charge in [0.2, 0.25) is 5.90 Å². The summed E-state index contributed by atoms with van der Waals surface area (Å²) >= 11 is 0. The predicted molar refractivity (Wildman–Crippen MR) is 98.8 cm³/mol. The lowest BCUT2D eigenvalue weighted by Crippen LogP contribution is -2.09. The third-order valence-corrected chi connectivity index (χ3v) is 3.71. The standard InChI is InChI=1S/C20H20N2O3/c1-22(2)16-10-8-15(9-11-16)14-18-20(23)25-19(21-18)12-13-24-17-6-4-3-5-7-17/h3-11,14H,12-13H2,1-2H3/b18-14+. The largest absolute Gasteiger partial charge is 0.493 e. The number of carbonyl (C=O) groups is 1. The van der Waals surface area contributed by atoms with E-state index in [0.717, 1.165) is 17.0 Å². The van der Waals surface area contributed by atoms with Crippen molar-refractivity contribution < 1.29 is 14.3 Å². The number of cyclic esters (lactones) is 1. The van der Waals surface area contributed by atoms with Crippen molar-refractivity contribution in [2.45, 2.75) is 6.42 Å². The van der Waals surface area contributed by atoms with Crippen LogP contribution in [0.1, 0.15) is 12.0 Å². The van der Waals surface area contributed by atoms with E-state index >= 15 is 0 Å². The number of esters is 1. The van der Waals surface area contributed by atoms with Crippen molar-refractivity contribution in [3.63, 3.8) is 0 Å². The molecule has 2 aromatic carbocycles. The summed E-state index contributed by atoms with van der Waals surface area (Å²) in [6.07, 6.45) is 2.17. The molecule has 0 N–H and O–H groups in total.